The van der Waals surface area contributed by atoms with Crippen molar-refractivity contribution in [2.24, 2.45) is 0 Å². The molecule has 2 heterocycles. The van der Waals surface area contributed by atoms with Crippen molar-refractivity contribution in [2.75, 3.05) is 13.6 Å². The van der Waals surface area contributed by atoms with Crippen LogP contribution in [0.2, 0.25) is 0 Å². The van der Waals surface area contributed by atoms with E-state index >= 15 is 0 Å². The topological polar surface area (TPSA) is 36.9 Å². The SMILES string of the molecule is Pc1ccc2c(c1-c1c([PH+](c3ccccc3)c3ccccc3)ccc3c1OCO3)OCO2.[Pd+2]. The quantitative estimate of drug-likeness (QED) is 0.279. The molecule has 0 fully saturated rings. The molecule has 7 heteroatoms. The molecule has 0 saturated heterocycles. The van der Waals surface area contributed by atoms with Crippen molar-refractivity contribution in [3.8, 4) is 34.1 Å². The summed E-state index contributed by atoms with van der Waals surface area (Å²) in [6.45, 7) is 0.427. The fourth-order valence-corrected chi connectivity index (χ4v) is 7.48. The maximum Gasteiger partial charge on any atom is 2.00 e. The van der Waals surface area contributed by atoms with Gasteiger partial charge >= 0.3 is 20.4 Å². The third-order valence-electron chi connectivity index (χ3n) is 5.76. The van der Waals surface area contributed by atoms with E-state index in [0.717, 1.165) is 39.4 Å². The standard InChI is InChI=1S/C26H20O4P2.Pd/c31-21-13-11-19-25(29-15-27-19)23(21)24-22(14-12-20-26(24)30-16-28-20)32(17-7-3-1-4-8-17)18-9-5-2-6-10-18;/h1-14H,15-16,31H2;/q;+2/p+1. The number of hydrogen-bond acceptors (Lipinski definition) is 4. The van der Waals surface area contributed by atoms with Crippen LogP contribution in [0.4, 0.5) is 0 Å². The molecule has 6 rings (SSSR count). The second kappa shape index (κ2) is 9.46. The molecule has 1 unspecified atom stereocenters. The van der Waals surface area contributed by atoms with Crippen molar-refractivity contribution in [1.29, 1.82) is 0 Å². The van der Waals surface area contributed by atoms with Crippen molar-refractivity contribution in [3.63, 3.8) is 0 Å². The Balaban J connectivity index is 0.00000228. The molecular weight excluding hydrogens is 545 g/mol. The smallest absolute Gasteiger partial charge is 0.454 e. The second-order valence-electron chi connectivity index (χ2n) is 7.59. The van der Waals surface area contributed by atoms with Gasteiger partial charge in [0.05, 0.1) is 13.5 Å². The fraction of sp³-hybridized carbons (Fsp3) is 0.0769. The number of benzene rings is 4. The first-order valence-electron chi connectivity index (χ1n) is 10.4. The van der Waals surface area contributed by atoms with Gasteiger partial charge in [0, 0.05) is 5.56 Å². The molecule has 0 saturated carbocycles. The van der Waals surface area contributed by atoms with E-state index in [1.807, 2.05) is 18.2 Å². The Kier molecular flexibility index (Phi) is 6.42. The van der Waals surface area contributed by atoms with E-state index in [9.17, 15) is 0 Å². The first kappa shape index (κ1) is 22.4. The van der Waals surface area contributed by atoms with Crippen LogP contribution in [0, 0.1) is 0 Å². The van der Waals surface area contributed by atoms with Crippen LogP contribution in [0.5, 0.6) is 23.0 Å². The summed E-state index contributed by atoms with van der Waals surface area (Å²) in [5.74, 6) is 3.03. The molecule has 166 valence electrons. The van der Waals surface area contributed by atoms with Crippen LogP contribution in [0.15, 0.2) is 84.9 Å². The van der Waals surface area contributed by atoms with Crippen LogP contribution in [-0.4, -0.2) is 13.6 Å². The van der Waals surface area contributed by atoms with Gasteiger partial charge in [-0.1, -0.05) is 42.5 Å². The van der Waals surface area contributed by atoms with Crippen molar-refractivity contribution in [2.45, 2.75) is 0 Å². The van der Waals surface area contributed by atoms with E-state index in [-0.39, 0.29) is 34.0 Å². The average molecular weight is 566 g/mol. The summed E-state index contributed by atoms with van der Waals surface area (Å²) in [6.07, 6.45) is 0. The van der Waals surface area contributed by atoms with E-state index in [4.69, 9.17) is 18.9 Å². The van der Waals surface area contributed by atoms with E-state index in [2.05, 4.69) is 76.0 Å². The van der Waals surface area contributed by atoms with Gasteiger partial charge in [-0.3, -0.25) is 0 Å². The summed E-state index contributed by atoms with van der Waals surface area (Å²) in [6, 6.07) is 29.6. The van der Waals surface area contributed by atoms with Crippen LogP contribution < -0.4 is 40.2 Å². The Morgan fingerprint density at radius 3 is 1.67 bits per heavy atom. The zero-order chi connectivity index (χ0) is 21.5. The fourth-order valence-electron chi connectivity index (χ4n) is 4.36. The maximum absolute atomic E-state index is 6.05. The van der Waals surface area contributed by atoms with E-state index in [0.29, 0.717) is 0 Å². The second-order valence-corrected chi connectivity index (χ2v) is 10.7. The zero-order valence-electron chi connectivity index (χ0n) is 17.5. The minimum absolute atomic E-state index is 0. The molecule has 2 aliphatic rings. The molecule has 2 aliphatic heterocycles. The van der Waals surface area contributed by atoms with E-state index < -0.39 is 7.92 Å². The summed E-state index contributed by atoms with van der Waals surface area (Å²) in [5, 5.41) is 4.86. The summed E-state index contributed by atoms with van der Waals surface area (Å²) in [4.78, 5) is 0. The minimum Gasteiger partial charge on any atom is -0.454 e. The molecule has 0 amide bonds. The van der Waals surface area contributed by atoms with Gasteiger partial charge < -0.3 is 18.9 Å². The molecule has 0 N–H and O–H groups in total. The third-order valence-corrected chi connectivity index (χ3v) is 9.01. The van der Waals surface area contributed by atoms with Gasteiger partial charge in [-0.2, -0.15) is 0 Å². The molecule has 0 aliphatic carbocycles. The Morgan fingerprint density at radius 2 is 1.09 bits per heavy atom. The van der Waals surface area contributed by atoms with Crippen molar-refractivity contribution in [1.82, 2.24) is 0 Å². The van der Waals surface area contributed by atoms with Gasteiger partial charge in [-0.05, 0) is 47.8 Å². The largest absolute Gasteiger partial charge is 2.00 e. The van der Waals surface area contributed by atoms with Crippen LogP contribution in [0.3, 0.4) is 0 Å². The van der Waals surface area contributed by atoms with Crippen LogP contribution >= 0.6 is 17.2 Å². The molecular formula is C26H21O4P2Pd+3. The molecule has 1 atom stereocenters. The summed E-state index contributed by atoms with van der Waals surface area (Å²) >= 11 is 0. The van der Waals surface area contributed by atoms with Crippen LogP contribution in [-0.2, 0) is 20.4 Å². The van der Waals surface area contributed by atoms with E-state index in [1.54, 1.807) is 0 Å². The van der Waals surface area contributed by atoms with Crippen LogP contribution in [0.1, 0.15) is 0 Å². The number of rotatable bonds is 4. The first-order chi connectivity index (χ1) is 15.8. The van der Waals surface area contributed by atoms with Gasteiger partial charge in [0.25, 0.3) is 0 Å². The predicted octanol–water partition coefficient (Wildman–Crippen LogP) is 3.80. The molecule has 33 heavy (non-hydrogen) atoms. The molecule has 4 aromatic carbocycles. The molecule has 4 aromatic rings. The van der Waals surface area contributed by atoms with Gasteiger partial charge in [-0.15, -0.1) is 9.24 Å². The van der Waals surface area contributed by atoms with Crippen LogP contribution in [0.25, 0.3) is 11.1 Å². The van der Waals surface area contributed by atoms with Crippen molar-refractivity contribution < 1.29 is 39.4 Å². The van der Waals surface area contributed by atoms with Gasteiger partial charge in [0.15, 0.2) is 23.0 Å². The van der Waals surface area contributed by atoms with E-state index in [1.165, 1.54) is 15.9 Å². The molecule has 0 bridgehead atoms. The number of hydrogen-bond donors (Lipinski definition) is 0. The summed E-state index contributed by atoms with van der Waals surface area (Å²) in [7, 11) is 1.50. The minimum atomic E-state index is -1.35. The Morgan fingerprint density at radius 1 is 0.576 bits per heavy atom. The molecule has 4 nitrogen and oxygen atoms in total. The monoisotopic (exact) mass is 565 g/mol. The third kappa shape index (κ3) is 3.95. The number of fused-ring (bicyclic) bond motifs is 2. The van der Waals surface area contributed by atoms with Gasteiger partial charge in [-0.25, -0.2) is 0 Å². The zero-order valence-corrected chi connectivity index (χ0v) is 21.2. The summed E-state index contributed by atoms with van der Waals surface area (Å²) < 4.78 is 23.5. The molecule has 0 aromatic heterocycles. The average Bonchev–Trinajstić information content (AvgIpc) is 3.51. The molecule has 0 radical (unpaired) electrons. The Hall–Kier alpha value is -2.40. The predicted molar refractivity (Wildman–Crippen MR) is 134 cm³/mol. The summed E-state index contributed by atoms with van der Waals surface area (Å²) in [5.41, 5.74) is 2.01. The molecule has 0 spiro atoms. The normalized spacial score (nSPS) is 13.2. The number of ether oxygens (including phenoxy) is 4. The Bertz CT molecular complexity index is 1260. The maximum atomic E-state index is 6.05. The van der Waals surface area contributed by atoms with Gasteiger partial charge in [0.1, 0.15) is 15.9 Å². The van der Waals surface area contributed by atoms with Crippen molar-refractivity contribution >= 4 is 38.4 Å². The van der Waals surface area contributed by atoms with Crippen molar-refractivity contribution in [3.05, 3.63) is 84.9 Å². The first-order valence-corrected chi connectivity index (χ1v) is 12.5. The van der Waals surface area contributed by atoms with Gasteiger partial charge in [0.2, 0.25) is 13.6 Å². The Labute approximate surface area is 209 Å².